The van der Waals surface area contributed by atoms with Crippen LogP contribution < -0.4 is 0 Å². The Hall–Kier alpha value is -1.72. The van der Waals surface area contributed by atoms with E-state index in [0.29, 0.717) is 58.0 Å². The van der Waals surface area contributed by atoms with E-state index in [2.05, 4.69) is 64.2 Å². The van der Waals surface area contributed by atoms with Crippen molar-refractivity contribution in [3.8, 4) is 0 Å². The molecule has 13 aliphatic heterocycles. The summed E-state index contributed by atoms with van der Waals surface area (Å²) in [5, 5.41) is 46.8. The minimum Gasteiger partial charge on any atom is -0.391 e. The Morgan fingerprint density at radius 1 is 0.446 bits per heavy atom. The molecule has 0 bridgehead atoms. The highest BCUT2D eigenvalue weighted by Gasteiger charge is 2.62. The van der Waals surface area contributed by atoms with Crippen molar-refractivity contribution in [2.75, 3.05) is 19.8 Å². The lowest BCUT2D eigenvalue weighted by molar-refractivity contribution is -0.342. The van der Waals surface area contributed by atoms with E-state index < -0.39 is 72.6 Å². The lowest BCUT2D eigenvalue weighted by Crippen LogP contribution is -2.63. The van der Waals surface area contributed by atoms with Crippen LogP contribution in [0.2, 0.25) is 0 Å². The summed E-state index contributed by atoms with van der Waals surface area (Å²) in [4.78, 5) is 0. The summed E-state index contributed by atoms with van der Waals surface area (Å²) in [6, 6.07) is 0. The molecule has 0 saturated carbocycles. The van der Waals surface area contributed by atoms with E-state index in [1.807, 2.05) is 19.1 Å². The Morgan fingerprint density at radius 3 is 1.97 bits per heavy atom. The van der Waals surface area contributed by atoms with Crippen molar-refractivity contribution in [1.29, 1.82) is 0 Å². The molecule has 9 saturated heterocycles. The molecular weight excluding hydrogens is 957 g/mol. The van der Waals surface area contributed by atoms with Crippen LogP contribution in [0.25, 0.3) is 0 Å². The Kier molecular flexibility index (Phi) is 14.3. The number of rotatable bonds is 0. The van der Waals surface area contributed by atoms with Crippen LogP contribution in [-0.2, 0) is 61.6 Å². The average Bonchev–Trinajstić information content (AvgIpc) is 3.48. The first-order chi connectivity index (χ1) is 35.7. The summed E-state index contributed by atoms with van der Waals surface area (Å²) in [6.07, 6.45) is 12.6. The predicted octanol–water partition coefficient (Wildman–Crippen LogP) is 4.14. The second-order valence-corrected chi connectivity index (χ2v) is 24.9. The van der Waals surface area contributed by atoms with Crippen LogP contribution >= 0.6 is 0 Å². The molecule has 0 amide bonds. The van der Waals surface area contributed by atoms with Gasteiger partial charge in [-0.05, 0) is 50.4 Å². The lowest BCUT2D eigenvalue weighted by Gasteiger charge is -2.52. The largest absolute Gasteiger partial charge is 0.391 e. The van der Waals surface area contributed by atoms with Crippen molar-refractivity contribution < 1.29 is 82.0 Å². The van der Waals surface area contributed by atoms with Gasteiger partial charge in [0.05, 0.1) is 117 Å². The van der Waals surface area contributed by atoms with Crippen LogP contribution in [0.15, 0.2) is 48.6 Å². The molecule has 31 unspecified atom stereocenters. The number of hydrogen-bond acceptors (Lipinski definition) is 17. The van der Waals surface area contributed by atoms with Crippen LogP contribution in [0.4, 0.5) is 0 Å². The van der Waals surface area contributed by atoms with Gasteiger partial charge in [-0.1, -0.05) is 83.2 Å². The monoisotopic (exact) mass is 1040 g/mol. The van der Waals surface area contributed by atoms with E-state index in [9.17, 15) is 20.4 Å². The van der Waals surface area contributed by atoms with Crippen LogP contribution in [0.1, 0.15) is 98.8 Å². The molecule has 0 aromatic rings. The van der Waals surface area contributed by atoms with Crippen LogP contribution in [-0.4, -0.2) is 192 Å². The van der Waals surface area contributed by atoms with Crippen molar-refractivity contribution in [2.45, 2.75) is 251 Å². The molecule has 0 aromatic heterocycles. The smallest absolute Gasteiger partial charge is 0.174 e. The Bertz CT molecular complexity index is 2120. The molecule has 0 radical (unpaired) electrons. The summed E-state index contributed by atoms with van der Waals surface area (Å²) in [5.41, 5.74) is 0. The minimum atomic E-state index is -1.52. The van der Waals surface area contributed by atoms with Gasteiger partial charge in [0.25, 0.3) is 0 Å². The van der Waals surface area contributed by atoms with Crippen molar-refractivity contribution in [3.63, 3.8) is 0 Å². The third kappa shape index (κ3) is 9.32. The van der Waals surface area contributed by atoms with Gasteiger partial charge >= 0.3 is 0 Å². The maximum atomic E-state index is 12.9. The number of hydrogen-bond donors (Lipinski definition) is 4. The Morgan fingerprint density at radius 2 is 1.14 bits per heavy atom. The van der Waals surface area contributed by atoms with Crippen molar-refractivity contribution in [3.05, 3.63) is 48.6 Å². The second-order valence-electron chi connectivity index (χ2n) is 24.9. The maximum absolute atomic E-state index is 12.9. The highest BCUT2D eigenvalue weighted by molar-refractivity contribution is 5.15. The van der Waals surface area contributed by atoms with Gasteiger partial charge in [0.2, 0.25) is 0 Å². The molecule has 13 rings (SSSR count). The molecule has 412 valence electrons. The van der Waals surface area contributed by atoms with E-state index in [1.54, 1.807) is 0 Å². The van der Waals surface area contributed by atoms with Gasteiger partial charge < -0.3 is 82.0 Å². The maximum Gasteiger partial charge on any atom is 0.174 e. The highest BCUT2D eigenvalue weighted by Crippen LogP contribution is 2.52. The normalized spacial score (nSPS) is 58.0. The number of fused-ring (bicyclic) bond motifs is 11. The lowest BCUT2D eigenvalue weighted by atomic mass is 9.75. The van der Waals surface area contributed by atoms with Gasteiger partial charge in [0, 0.05) is 49.4 Å². The molecule has 74 heavy (non-hydrogen) atoms. The van der Waals surface area contributed by atoms with Gasteiger partial charge in [-0.15, -0.1) is 0 Å². The van der Waals surface area contributed by atoms with E-state index in [0.717, 1.165) is 6.42 Å². The quantitative estimate of drug-likeness (QED) is 0.252. The minimum absolute atomic E-state index is 0.0195. The highest BCUT2D eigenvalue weighted by atomic mass is 16.7. The summed E-state index contributed by atoms with van der Waals surface area (Å²) in [7, 11) is 0. The molecule has 13 heterocycles. The standard InChI is InChI=1S/C57H82O17/c1-27-18-40-43(22-45-51(71-40)30(4)48(59)55-52(72-45)29(3)31(5)57(74-55)23-33(58)26-64-57)68-41-20-32-25-63-34-12-8-10-28(2)50-38(67-47(34)24-56(32,61)73-44(41)19-27)14-9-13-35-36(69-50)15-16-37-42(65-35)21-46-54(70-37)49(60)53-39(66-46)11-6-7-17-62-53/h6-10,14-16,27-55,58-61H,11-13,17-26H2,1-5H3. The first kappa shape index (κ1) is 51.7. The molecule has 0 aromatic carbocycles. The molecule has 0 aliphatic carbocycles. The molecule has 13 aliphatic rings. The SMILES string of the molecule is CC1CC2OC3C(CC2OC2CC4COC5CC=CC(C)C6OC7C=CC8OC9C(CC8OC7CC=CC6OC5CC4(O)OC2C1)OC1CC=CCOC1C9O)OC1C(C)C(C)C2(CC(O)CO2)OC1C(O)C3C. The van der Waals surface area contributed by atoms with Crippen LogP contribution in [0.5, 0.6) is 0 Å². The zero-order valence-electron chi connectivity index (χ0n) is 43.7. The van der Waals surface area contributed by atoms with Gasteiger partial charge in [-0.25, -0.2) is 0 Å². The van der Waals surface area contributed by atoms with Gasteiger partial charge in [0.15, 0.2) is 11.6 Å². The van der Waals surface area contributed by atoms with Gasteiger partial charge in [-0.3, -0.25) is 0 Å². The summed E-state index contributed by atoms with van der Waals surface area (Å²) < 4.78 is 88.2. The molecule has 1 spiro atoms. The first-order valence-electron chi connectivity index (χ1n) is 28.6. The van der Waals surface area contributed by atoms with Crippen LogP contribution in [0, 0.1) is 35.5 Å². The molecule has 31 atom stereocenters. The summed E-state index contributed by atoms with van der Waals surface area (Å²) in [5.74, 6) is -3.08. The third-order valence-electron chi connectivity index (χ3n) is 20.0. The zero-order chi connectivity index (χ0) is 50.8. The van der Waals surface area contributed by atoms with E-state index in [1.165, 1.54) is 0 Å². The molecule has 17 nitrogen and oxygen atoms in total. The fourth-order valence-corrected chi connectivity index (χ4v) is 15.6. The van der Waals surface area contributed by atoms with Crippen molar-refractivity contribution in [1.82, 2.24) is 0 Å². The number of aliphatic hydroxyl groups excluding tert-OH is 3. The average molecular weight is 1040 g/mol. The molecule has 17 heteroatoms. The van der Waals surface area contributed by atoms with Gasteiger partial charge in [-0.2, -0.15) is 0 Å². The summed E-state index contributed by atoms with van der Waals surface area (Å²) in [6.45, 7) is 11.6. The van der Waals surface area contributed by atoms with E-state index in [4.69, 9.17) is 61.6 Å². The number of ether oxygens (including phenoxy) is 13. The van der Waals surface area contributed by atoms with E-state index >= 15 is 0 Å². The Balaban J connectivity index is 0.694. The zero-order valence-corrected chi connectivity index (χ0v) is 43.7. The van der Waals surface area contributed by atoms with Crippen LogP contribution in [0.3, 0.4) is 0 Å². The number of aliphatic hydroxyl groups is 4. The Labute approximate surface area is 435 Å². The topological polar surface area (TPSA) is 201 Å². The van der Waals surface area contributed by atoms with Crippen molar-refractivity contribution in [2.24, 2.45) is 35.5 Å². The fourth-order valence-electron chi connectivity index (χ4n) is 15.6. The van der Waals surface area contributed by atoms with Crippen molar-refractivity contribution >= 4 is 0 Å². The third-order valence-corrected chi connectivity index (χ3v) is 20.0. The fraction of sp³-hybridized carbons (Fsp3) is 0.860. The van der Waals surface area contributed by atoms with Gasteiger partial charge in [0.1, 0.15) is 42.7 Å². The van der Waals surface area contributed by atoms with E-state index in [-0.39, 0.29) is 134 Å². The predicted molar refractivity (Wildman–Crippen MR) is 262 cm³/mol. The second kappa shape index (κ2) is 20.4. The molecule has 4 N–H and O–H groups in total. The molecule has 9 fully saturated rings. The summed E-state index contributed by atoms with van der Waals surface area (Å²) >= 11 is 0. The first-order valence-corrected chi connectivity index (χ1v) is 28.6. The molecular formula is C57H82O17.